The summed E-state index contributed by atoms with van der Waals surface area (Å²) in [4.78, 5) is 31.4. The Morgan fingerprint density at radius 3 is 2.31 bits per heavy atom. The maximum atomic E-state index is 13.4. The molecule has 0 saturated carbocycles. The van der Waals surface area contributed by atoms with Crippen molar-refractivity contribution >= 4 is 44.9 Å². The molecule has 13 heteroatoms. The number of nitrogens with two attached hydrogens (primary N) is 3. The number of guanidine groups is 1. The second kappa shape index (κ2) is 13.9. The Morgan fingerprint density at radius 2 is 1.69 bits per heavy atom. The van der Waals surface area contributed by atoms with Gasteiger partial charge in [0.05, 0.1) is 15.5 Å². The first-order valence-corrected chi connectivity index (χ1v) is 15.6. The molecule has 2 atom stereocenters. The standard InChI is InChI=1S/C29H38N6O5S2/c1-16(2)22(30)15-40-28(37)23(35-42(38,39)26-18(4)11-17(3)12-19(26)5)14-33-27(36)25-10-9-24(41-25)20-7-6-8-21(13-20)34-29(31)32/h6-13,16,22-23,35H,14-15,30H2,1-5H3,(H,33,36)(H4,31,32,34). The Bertz CT molecular complexity index is 1560. The normalized spacial score (nSPS) is 12.9. The topological polar surface area (TPSA) is 192 Å². The number of aryl methyl sites for hydroxylation is 3. The summed E-state index contributed by atoms with van der Waals surface area (Å²) >= 11 is 1.22. The largest absolute Gasteiger partial charge is 0.463 e. The van der Waals surface area contributed by atoms with Gasteiger partial charge in [0.15, 0.2) is 5.96 Å². The van der Waals surface area contributed by atoms with E-state index in [0.717, 1.165) is 16.0 Å². The van der Waals surface area contributed by atoms with E-state index in [1.807, 2.05) is 26.8 Å². The van der Waals surface area contributed by atoms with Crippen LogP contribution in [0.1, 0.15) is 40.2 Å². The van der Waals surface area contributed by atoms with E-state index in [9.17, 15) is 18.0 Å². The molecule has 1 aromatic heterocycles. The molecule has 2 unspecified atom stereocenters. The number of rotatable bonds is 12. The van der Waals surface area contributed by atoms with Crippen LogP contribution in [0.2, 0.25) is 0 Å². The van der Waals surface area contributed by atoms with Gasteiger partial charge in [-0.25, -0.2) is 13.4 Å². The predicted molar refractivity (Wildman–Crippen MR) is 166 cm³/mol. The lowest BCUT2D eigenvalue weighted by molar-refractivity contribution is -0.146. The number of hydrogen-bond acceptors (Lipinski definition) is 8. The van der Waals surface area contributed by atoms with Crippen molar-refractivity contribution < 1.29 is 22.7 Å². The van der Waals surface area contributed by atoms with E-state index >= 15 is 0 Å². The molecule has 11 nitrogen and oxygen atoms in total. The van der Waals surface area contributed by atoms with E-state index in [4.69, 9.17) is 21.9 Å². The number of ether oxygens (including phenoxy) is 1. The van der Waals surface area contributed by atoms with Crippen LogP contribution in [-0.2, 0) is 19.6 Å². The molecule has 0 radical (unpaired) electrons. The van der Waals surface area contributed by atoms with Gasteiger partial charge in [-0.05, 0) is 67.6 Å². The summed E-state index contributed by atoms with van der Waals surface area (Å²) in [5.41, 5.74) is 20.3. The summed E-state index contributed by atoms with van der Waals surface area (Å²) in [5.74, 6) is -1.36. The Balaban J connectivity index is 1.80. The number of carbonyl (C=O) groups excluding carboxylic acids is 2. The van der Waals surface area contributed by atoms with Crippen LogP contribution in [0.15, 0.2) is 58.4 Å². The fourth-order valence-electron chi connectivity index (χ4n) is 4.26. The minimum absolute atomic E-state index is 0.0405. The minimum Gasteiger partial charge on any atom is -0.463 e. The highest BCUT2D eigenvalue weighted by molar-refractivity contribution is 7.89. The summed E-state index contributed by atoms with van der Waals surface area (Å²) in [7, 11) is -4.15. The Hall–Kier alpha value is -3.78. The zero-order valence-corrected chi connectivity index (χ0v) is 25.9. The van der Waals surface area contributed by atoms with E-state index in [-0.39, 0.29) is 29.9 Å². The van der Waals surface area contributed by atoms with Crippen LogP contribution in [0.5, 0.6) is 0 Å². The van der Waals surface area contributed by atoms with Crippen LogP contribution in [0, 0.1) is 26.7 Å². The molecule has 0 fully saturated rings. The molecule has 42 heavy (non-hydrogen) atoms. The highest BCUT2D eigenvalue weighted by atomic mass is 32.2. The van der Waals surface area contributed by atoms with E-state index in [0.29, 0.717) is 21.7 Å². The lowest BCUT2D eigenvalue weighted by Crippen LogP contribution is -2.50. The molecule has 3 aromatic rings. The first-order valence-electron chi connectivity index (χ1n) is 13.3. The fourth-order valence-corrected chi connectivity index (χ4v) is 6.81. The minimum atomic E-state index is -4.15. The number of esters is 1. The van der Waals surface area contributed by atoms with Gasteiger partial charge in [-0.15, -0.1) is 11.3 Å². The average molecular weight is 615 g/mol. The molecule has 0 aliphatic heterocycles. The van der Waals surface area contributed by atoms with Gasteiger partial charge in [-0.2, -0.15) is 4.72 Å². The summed E-state index contributed by atoms with van der Waals surface area (Å²) in [6.07, 6.45) is 0. The predicted octanol–water partition coefficient (Wildman–Crippen LogP) is 2.85. The lowest BCUT2D eigenvalue weighted by Gasteiger charge is -2.22. The van der Waals surface area contributed by atoms with Crippen molar-refractivity contribution in [2.45, 2.75) is 51.6 Å². The molecular weight excluding hydrogens is 576 g/mol. The van der Waals surface area contributed by atoms with Gasteiger partial charge < -0.3 is 27.3 Å². The number of carbonyl (C=O) groups is 2. The maximum Gasteiger partial charge on any atom is 0.326 e. The van der Waals surface area contributed by atoms with Crippen LogP contribution in [0.4, 0.5) is 5.69 Å². The third-order valence-electron chi connectivity index (χ3n) is 6.42. The molecule has 0 spiro atoms. The quantitative estimate of drug-likeness (QED) is 0.117. The molecular formula is C29H38N6O5S2. The van der Waals surface area contributed by atoms with Gasteiger partial charge in [0.25, 0.3) is 5.91 Å². The smallest absolute Gasteiger partial charge is 0.326 e. The molecule has 0 saturated heterocycles. The third kappa shape index (κ3) is 8.61. The molecule has 0 bridgehead atoms. The number of thiophene rings is 1. The molecule has 3 rings (SSSR count). The van der Waals surface area contributed by atoms with Gasteiger partial charge >= 0.3 is 5.97 Å². The first kappa shape index (κ1) is 32.7. The van der Waals surface area contributed by atoms with Crippen LogP contribution >= 0.6 is 11.3 Å². The van der Waals surface area contributed by atoms with Crippen molar-refractivity contribution in [3.63, 3.8) is 0 Å². The Labute approximate surface area is 250 Å². The number of nitrogens with one attached hydrogen (secondary N) is 2. The zero-order chi connectivity index (χ0) is 31.2. The van der Waals surface area contributed by atoms with E-state index < -0.39 is 34.0 Å². The summed E-state index contributed by atoms with van der Waals surface area (Å²) in [6.45, 7) is 8.57. The van der Waals surface area contributed by atoms with Crippen molar-refractivity contribution in [3.8, 4) is 10.4 Å². The number of nitrogens with zero attached hydrogens (tertiary/aromatic N) is 1. The van der Waals surface area contributed by atoms with Crippen LogP contribution in [0.25, 0.3) is 10.4 Å². The van der Waals surface area contributed by atoms with Crippen molar-refractivity contribution in [1.29, 1.82) is 0 Å². The fraction of sp³-hybridized carbons (Fsp3) is 0.345. The highest BCUT2D eigenvalue weighted by Crippen LogP contribution is 2.30. The van der Waals surface area contributed by atoms with Gasteiger partial charge in [0.2, 0.25) is 10.0 Å². The number of hydrogen-bond donors (Lipinski definition) is 5. The second-order valence-corrected chi connectivity index (χ2v) is 13.1. The highest BCUT2D eigenvalue weighted by Gasteiger charge is 2.30. The summed E-state index contributed by atoms with van der Waals surface area (Å²) < 4.78 is 34.7. The van der Waals surface area contributed by atoms with Crippen LogP contribution in [0.3, 0.4) is 0 Å². The Kier molecular flexibility index (Phi) is 10.9. The SMILES string of the molecule is Cc1cc(C)c(S(=O)(=O)NC(CNC(=O)c2ccc(-c3cccc(N=C(N)N)c3)s2)C(=O)OCC(N)C(C)C)c(C)c1. The van der Waals surface area contributed by atoms with E-state index in [1.165, 1.54) is 11.3 Å². The molecule has 226 valence electrons. The van der Waals surface area contributed by atoms with Gasteiger partial charge in [0.1, 0.15) is 12.6 Å². The average Bonchev–Trinajstić information content (AvgIpc) is 3.38. The van der Waals surface area contributed by atoms with Gasteiger partial charge in [0, 0.05) is 17.5 Å². The summed E-state index contributed by atoms with van der Waals surface area (Å²) in [6, 6.07) is 12.3. The Morgan fingerprint density at radius 1 is 1.02 bits per heavy atom. The molecule has 1 amide bonds. The van der Waals surface area contributed by atoms with Crippen molar-refractivity contribution in [3.05, 3.63) is 70.1 Å². The zero-order valence-electron chi connectivity index (χ0n) is 24.3. The molecule has 0 aliphatic carbocycles. The van der Waals surface area contributed by atoms with Crippen molar-refractivity contribution in [2.75, 3.05) is 13.2 Å². The van der Waals surface area contributed by atoms with Gasteiger partial charge in [-0.3, -0.25) is 9.59 Å². The number of amides is 1. The van der Waals surface area contributed by atoms with Crippen LogP contribution in [-0.4, -0.2) is 51.5 Å². The van der Waals surface area contributed by atoms with E-state index in [2.05, 4.69) is 15.0 Å². The molecule has 8 N–H and O–H groups in total. The van der Waals surface area contributed by atoms with Crippen molar-refractivity contribution in [1.82, 2.24) is 10.0 Å². The maximum absolute atomic E-state index is 13.4. The molecule has 1 heterocycles. The van der Waals surface area contributed by atoms with Crippen molar-refractivity contribution in [2.24, 2.45) is 28.1 Å². The monoisotopic (exact) mass is 614 g/mol. The number of aliphatic imine (C=N–C) groups is 1. The van der Waals surface area contributed by atoms with Gasteiger partial charge in [-0.1, -0.05) is 43.7 Å². The number of benzene rings is 2. The third-order valence-corrected chi connectivity index (χ3v) is 9.32. The summed E-state index contributed by atoms with van der Waals surface area (Å²) in [5, 5.41) is 2.66. The second-order valence-electron chi connectivity index (χ2n) is 10.4. The van der Waals surface area contributed by atoms with Crippen LogP contribution < -0.4 is 27.2 Å². The lowest BCUT2D eigenvalue weighted by atomic mass is 10.1. The van der Waals surface area contributed by atoms with E-state index in [1.54, 1.807) is 56.3 Å². The number of sulfonamides is 1. The molecule has 2 aromatic carbocycles. The molecule has 0 aliphatic rings. The first-order chi connectivity index (χ1) is 19.7.